The van der Waals surface area contributed by atoms with Crippen LogP contribution in [0.3, 0.4) is 0 Å². The van der Waals surface area contributed by atoms with Gasteiger partial charge >= 0.3 is 0 Å². The van der Waals surface area contributed by atoms with Crippen molar-refractivity contribution >= 4 is 50.3 Å². The molecular weight excluding hydrogens is 486 g/mol. The maximum Gasteiger partial charge on any atom is 0.295 e. The number of fused-ring (bicyclic) bond motifs is 2. The molecule has 32 heavy (non-hydrogen) atoms. The summed E-state index contributed by atoms with van der Waals surface area (Å²) in [6, 6.07) is 18.6. The average Bonchev–Trinajstić information content (AvgIpc) is 3.09. The molecule has 5 rings (SSSR count). The van der Waals surface area contributed by atoms with Crippen molar-refractivity contribution in [3.8, 4) is 0 Å². The van der Waals surface area contributed by atoms with Gasteiger partial charge in [0.2, 0.25) is 5.76 Å². The second kappa shape index (κ2) is 7.94. The van der Waals surface area contributed by atoms with Crippen LogP contribution < -0.4 is 10.3 Å². The van der Waals surface area contributed by atoms with Crippen LogP contribution in [-0.2, 0) is 0 Å². The van der Waals surface area contributed by atoms with Gasteiger partial charge in [0, 0.05) is 15.1 Å². The molecule has 0 saturated heterocycles. The number of halogens is 1. The molecule has 1 unspecified atom stereocenters. The highest BCUT2D eigenvalue weighted by molar-refractivity contribution is 9.10. The normalized spacial score (nSPS) is 15.4. The molecule has 6 heteroatoms. The molecule has 0 saturated carbocycles. The first-order valence-electron chi connectivity index (χ1n) is 10.2. The molecule has 4 aromatic rings. The number of nitrogens with zero attached hydrogens (tertiary/aromatic N) is 1. The monoisotopic (exact) mass is 505 g/mol. The SMILES string of the molecule is CSc1ccc(C2c3c(oc4ccc(Br)cc4c3=O)C(=O)N2c2ccc(C)c(C)c2)cc1. The zero-order valence-electron chi connectivity index (χ0n) is 17.8. The van der Waals surface area contributed by atoms with Crippen molar-refractivity contribution < 1.29 is 9.21 Å². The highest BCUT2D eigenvalue weighted by Crippen LogP contribution is 2.42. The Bertz CT molecular complexity index is 1440. The van der Waals surface area contributed by atoms with Crippen molar-refractivity contribution in [3.63, 3.8) is 0 Å². The van der Waals surface area contributed by atoms with Crippen LogP contribution in [0.5, 0.6) is 0 Å². The van der Waals surface area contributed by atoms with Gasteiger partial charge < -0.3 is 4.42 Å². The molecule has 1 aliphatic rings. The zero-order valence-corrected chi connectivity index (χ0v) is 20.2. The number of anilines is 1. The maximum absolute atomic E-state index is 13.7. The van der Waals surface area contributed by atoms with Gasteiger partial charge in [0.25, 0.3) is 5.91 Å². The number of carbonyl (C=O) groups excluding carboxylic acids is 1. The first-order valence-corrected chi connectivity index (χ1v) is 12.2. The van der Waals surface area contributed by atoms with E-state index in [9.17, 15) is 9.59 Å². The maximum atomic E-state index is 13.7. The molecular formula is C26H20BrNO3S. The molecule has 1 atom stereocenters. The Morgan fingerprint density at radius 1 is 0.938 bits per heavy atom. The van der Waals surface area contributed by atoms with Crippen molar-refractivity contribution in [2.45, 2.75) is 24.8 Å². The van der Waals surface area contributed by atoms with E-state index in [2.05, 4.69) is 15.9 Å². The van der Waals surface area contributed by atoms with Crippen molar-refractivity contribution in [3.05, 3.63) is 103 Å². The summed E-state index contributed by atoms with van der Waals surface area (Å²) in [5, 5.41) is 0.457. The van der Waals surface area contributed by atoms with Gasteiger partial charge in [-0.2, -0.15) is 0 Å². The van der Waals surface area contributed by atoms with E-state index in [0.29, 0.717) is 16.5 Å². The summed E-state index contributed by atoms with van der Waals surface area (Å²) >= 11 is 5.09. The largest absolute Gasteiger partial charge is 0.450 e. The first-order chi connectivity index (χ1) is 15.4. The summed E-state index contributed by atoms with van der Waals surface area (Å²) < 4.78 is 6.82. The fourth-order valence-electron chi connectivity index (χ4n) is 4.19. The van der Waals surface area contributed by atoms with E-state index in [0.717, 1.165) is 31.7 Å². The van der Waals surface area contributed by atoms with Gasteiger partial charge in [-0.1, -0.05) is 34.1 Å². The summed E-state index contributed by atoms with van der Waals surface area (Å²) in [6.45, 7) is 4.05. The van der Waals surface area contributed by atoms with Crippen molar-refractivity contribution in [2.24, 2.45) is 0 Å². The molecule has 2 heterocycles. The second-order valence-electron chi connectivity index (χ2n) is 7.93. The number of amides is 1. The van der Waals surface area contributed by atoms with Gasteiger partial charge in [-0.3, -0.25) is 14.5 Å². The van der Waals surface area contributed by atoms with Crippen molar-refractivity contribution in [2.75, 3.05) is 11.2 Å². The van der Waals surface area contributed by atoms with Crippen LogP contribution >= 0.6 is 27.7 Å². The van der Waals surface area contributed by atoms with E-state index < -0.39 is 6.04 Å². The Hall–Kier alpha value is -2.83. The Balaban J connectivity index is 1.80. The third-order valence-corrected chi connectivity index (χ3v) is 7.27. The lowest BCUT2D eigenvalue weighted by Gasteiger charge is -2.26. The van der Waals surface area contributed by atoms with E-state index in [1.807, 2.05) is 62.6 Å². The molecule has 0 radical (unpaired) electrons. The van der Waals surface area contributed by atoms with Gasteiger partial charge in [-0.15, -0.1) is 11.8 Å². The summed E-state index contributed by atoms with van der Waals surface area (Å²) in [6.07, 6.45) is 2.02. The van der Waals surface area contributed by atoms with Crippen LogP contribution in [0, 0.1) is 13.8 Å². The zero-order chi connectivity index (χ0) is 22.6. The molecule has 160 valence electrons. The van der Waals surface area contributed by atoms with Crippen LogP contribution in [0.15, 0.2) is 79.2 Å². The fraction of sp³-hybridized carbons (Fsp3) is 0.154. The Kier molecular flexibility index (Phi) is 5.22. The predicted molar refractivity (Wildman–Crippen MR) is 133 cm³/mol. The molecule has 0 fully saturated rings. The van der Waals surface area contributed by atoms with Crippen LogP contribution in [0.1, 0.15) is 38.9 Å². The number of rotatable bonds is 3. The van der Waals surface area contributed by atoms with Crippen LogP contribution in [0.4, 0.5) is 5.69 Å². The van der Waals surface area contributed by atoms with E-state index in [1.54, 1.807) is 34.9 Å². The molecule has 0 aliphatic carbocycles. The Morgan fingerprint density at radius 3 is 2.38 bits per heavy atom. The number of carbonyl (C=O) groups is 1. The topological polar surface area (TPSA) is 50.5 Å². The van der Waals surface area contributed by atoms with Gasteiger partial charge in [0.05, 0.1) is 17.0 Å². The molecule has 1 aromatic heterocycles. The first kappa shape index (κ1) is 21.0. The van der Waals surface area contributed by atoms with E-state index in [4.69, 9.17) is 4.42 Å². The van der Waals surface area contributed by atoms with Gasteiger partial charge in [-0.25, -0.2) is 0 Å². The lowest BCUT2D eigenvalue weighted by molar-refractivity contribution is 0.0971. The molecule has 0 bridgehead atoms. The number of aryl methyl sites for hydroxylation is 2. The lowest BCUT2D eigenvalue weighted by Crippen LogP contribution is -2.29. The predicted octanol–water partition coefficient (Wildman–Crippen LogP) is 6.64. The van der Waals surface area contributed by atoms with Gasteiger partial charge in [0.15, 0.2) is 5.43 Å². The number of thioether (sulfide) groups is 1. The van der Waals surface area contributed by atoms with E-state index >= 15 is 0 Å². The number of hydrogen-bond donors (Lipinski definition) is 0. The molecule has 4 nitrogen and oxygen atoms in total. The summed E-state index contributed by atoms with van der Waals surface area (Å²) in [4.78, 5) is 30.1. The summed E-state index contributed by atoms with van der Waals surface area (Å²) in [7, 11) is 0. The minimum absolute atomic E-state index is 0.113. The van der Waals surface area contributed by atoms with Crippen molar-refractivity contribution in [1.82, 2.24) is 0 Å². The fourth-order valence-corrected chi connectivity index (χ4v) is 4.96. The summed E-state index contributed by atoms with van der Waals surface area (Å²) in [5.41, 5.74) is 4.45. The van der Waals surface area contributed by atoms with E-state index in [1.165, 1.54) is 0 Å². The second-order valence-corrected chi connectivity index (χ2v) is 9.73. The Labute approximate surface area is 198 Å². The smallest absolute Gasteiger partial charge is 0.295 e. The van der Waals surface area contributed by atoms with Crippen LogP contribution in [0.2, 0.25) is 0 Å². The molecule has 3 aromatic carbocycles. The minimum Gasteiger partial charge on any atom is -0.450 e. The van der Waals surface area contributed by atoms with E-state index in [-0.39, 0.29) is 17.1 Å². The minimum atomic E-state index is -0.560. The molecule has 0 N–H and O–H groups in total. The van der Waals surface area contributed by atoms with Gasteiger partial charge in [-0.05, 0) is 79.3 Å². The number of benzene rings is 3. The Morgan fingerprint density at radius 2 is 1.69 bits per heavy atom. The quantitative estimate of drug-likeness (QED) is 0.292. The third-order valence-electron chi connectivity index (χ3n) is 6.03. The van der Waals surface area contributed by atoms with Gasteiger partial charge in [0.1, 0.15) is 5.58 Å². The molecule has 0 spiro atoms. The van der Waals surface area contributed by atoms with Crippen molar-refractivity contribution in [1.29, 1.82) is 0 Å². The highest BCUT2D eigenvalue weighted by atomic mass is 79.9. The summed E-state index contributed by atoms with van der Waals surface area (Å²) in [5.74, 6) is -0.189. The van der Waals surface area contributed by atoms with Crippen LogP contribution in [-0.4, -0.2) is 12.2 Å². The molecule has 1 amide bonds. The third kappa shape index (κ3) is 3.29. The van der Waals surface area contributed by atoms with Crippen LogP contribution in [0.25, 0.3) is 11.0 Å². The highest BCUT2D eigenvalue weighted by Gasteiger charge is 2.43. The number of hydrogen-bond acceptors (Lipinski definition) is 4. The molecule has 1 aliphatic heterocycles. The lowest BCUT2D eigenvalue weighted by atomic mass is 9.98. The standard InChI is InChI=1S/C26H20BrNO3S/c1-14-4-8-18(12-15(14)2)28-23(16-5-9-19(32-3)10-6-16)22-24(29)20-13-17(27)7-11-21(20)31-25(22)26(28)30/h4-13,23H,1-3H3. The average molecular weight is 506 g/mol.